The van der Waals surface area contributed by atoms with Crippen LogP contribution in [0.5, 0.6) is 0 Å². The third-order valence-corrected chi connectivity index (χ3v) is 14.8. The fraction of sp³-hybridized carbons (Fsp3) is 0.970. The Kier molecular flexibility index (Phi) is 5.70. The molecule has 0 amide bonds. The van der Waals surface area contributed by atoms with Gasteiger partial charge in [-0.2, -0.15) is 0 Å². The van der Waals surface area contributed by atoms with Gasteiger partial charge in [0.25, 0.3) is 0 Å². The van der Waals surface area contributed by atoms with Crippen LogP contribution in [-0.4, -0.2) is 17.6 Å². The SMILES string of the molecule is CC1CC(C(=O)OC2CCC3(C)C(CCC4(C)C5CCC6(N)CCCC6C5CCC43)C2(C)C)C1(C)C. The topological polar surface area (TPSA) is 52.3 Å². The van der Waals surface area contributed by atoms with Crippen LogP contribution in [0.25, 0.3) is 0 Å². The van der Waals surface area contributed by atoms with Gasteiger partial charge in [-0.25, -0.2) is 0 Å². The number of hydrogen-bond donors (Lipinski definition) is 1. The van der Waals surface area contributed by atoms with Crippen molar-refractivity contribution in [2.24, 2.45) is 68.8 Å². The monoisotopic (exact) mass is 497 g/mol. The van der Waals surface area contributed by atoms with Gasteiger partial charge in [0.1, 0.15) is 6.10 Å². The van der Waals surface area contributed by atoms with Crippen molar-refractivity contribution in [1.29, 1.82) is 0 Å². The number of rotatable bonds is 2. The lowest BCUT2D eigenvalue weighted by Gasteiger charge is -2.69. The molecular formula is C33H55NO2. The van der Waals surface area contributed by atoms with E-state index in [9.17, 15) is 4.79 Å². The standard InChI is InChI=1S/C33H55NO2/c1-20-19-24(29(20,2)3)28(35)36-27-14-17-32(7)25(30(27,4)5)13-16-31(6)22-12-18-33(34)15-8-9-23(33)21(22)10-11-26(31)32/h20-27H,8-19,34H2,1-7H3. The quantitative estimate of drug-likeness (QED) is 0.397. The number of carbonyl (C=O) groups is 1. The number of esters is 1. The normalized spacial score (nSPS) is 54.8. The summed E-state index contributed by atoms with van der Waals surface area (Å²) in [6, 6.07) is 0. The first-order valence-corrected chi connectivity index (χ1v) is 15.7. The third-order valence-electron chi connectivity index (χ3n) is 14.8. The molecule has 6 saturated carbocycles. The molecule has 6 aliphatic carbocycles. The van der Waals surface area contributed by atoms with Crippen molar-refractivity contribution in [1.82, 2.24) is 0 Å². The van der Waals surface area contributed by atoms with E-state index >= 15 is 0 Å². The molecule has 0 bridgehead atoms. The summed E-state index contributed by atoms with van der Waals surface area (Å²) in [6.07, 6.45) is 15.4. The molecule has 0 aromatic heterocycles. The van der Waals surface area contributed by atoms with Gasteiger partial charge in [-0.05, 0) is 122 Å². The highest BCUT2D eigenvalue weighted by molar-refractivity contribution is 5.75. The molecule has 0 aromatic rings. The van der Waals surface area contributed by atoms with Gasteiger partial charge in [-0.3, -0.25) is 4.79 Å². The predicted octanol–water partition coefficient (Wildman–Crippen LogP) is 7.76. The van der Waals surface area contributed by atoms with Crippen LogP contribution in [0.4, 0.5) is 0 Å². The molecule has 3 nitrogen and oxygen atoms in total. The van der Waals surface area contributed by atoms with E-state index in [1.807, 2.05) is 0 Å². The summed E-state index contributed by atoms with van der Waals surface area (Å²) in [5, 5.41) is 0. The summed E-state index contributed by atoms with van der Waals surface area (Å²) in [5.41, 5.74) is 8.13. The van der Waals surface area contributed by atoms with Crippen molar-refractivity contribution in [3.05, 3.63) is 0 Å². The maximum absolute atomic E-state index is 13.3. The van der Waals surface area contributed by atoms with Crippen LogP contribution in [0.3, 0.4) is 0 Å². The molecule has 6 fully saturated rings. The second kappa shape index (κ2) is 7.98. The lowest BCUT2D eigenvalue weighted by Crippen LogP contribution is -2.64. The molecule has 0 heterocycles. The second-order valence-electron chi connectivity index (χ2n) is 16.6. The lowest BCUT2D eigenvalue weighted by atomic mass is 9.36. The molecule has 0 spiro atoms. The maximum atomic E-state index is 13.3. The van der Waals surface area contributed by atoms with E-state index in [0.717, 1.165) is 36.5 Å². The minimum atomic E-state index is 0.0464. The van der Waals surface area contributed by atoms with Crippen LogP contribution >= 0.6 is 0 Å². The number of ether oxygens (including phenoxy) is 1. The summed E-state index contributed by atoms with van der Waals surface area (Å²) in [4.78, 5) is 13.3. The van der Waals surface area contributed by atoms with Gasteiger partial charge < -0.3 is 10.5 Å². The van der Waals surface area contributed by atoms with Gasteiger partial charge in [0.2, 0.25) is 0 Å². The molecule has 0 aromatic carbocycles. The second-order valence-corrected chi connectivity index (χ2v) is 16.6. The van der Waals surface area contributed by atoms with E-state index in [4.69, 9.17) is 10.5 Å². The summed E-state index contributed by atoms with van der Waals surface area (Å²) in [7, 11) is 0. The van der Waals surface area contributed by atoms with Crippen LogP contribution in [0.2, 0.25) is 0 Å². The minimum absolute atomic E-state index is 0.0464. The van der Waals surface area contributed by atoms with Gasteiger partial charge in [-0.1, -0.05) is 54.9 Å². The van der Waals surface area contributed by atoms with Crippen molar-refractivity contribution >= 4 is 5.97 Å². The first kappa shape index (κ1) is 25.7. The molecule has 3 heteroatoms. The Morgan fingerprint density at radius 2 is 1.47 bits per heavy atom. The molecule has 0 saturated heterocycles. The zero-order valence-corrected chi connectivity index (χ0v) is 24.5. The van der Waals surface area contributed by atoms with Crippen LogP contribution in [-0.2, 0) is 9.53 Å². The Bertz CT molecular complexity index is 909. The Morgan fingerprint density at radius 1 is 0.750 bits per heavy atom. The van der Waals surface area contributed by atoms with Crippen molar-refractivity contribution in [2.75, 3.05) is 0 Å². The third kappa shape index (κ3) is 3.29. The minimum Gasteiger partial charge on any atom is -0.462 e. The van der Waals surface area contributed by atoms with E-state index in [1.165, 1.54) is 64.2 Å². The first-order valence-electron chi connectivity index (χ1n) is 15.7. The van der Waals surface area contributed by atoms with E-state index in [0.29, 0.717) is 22.7 Å². The molecule has 0 radical (unpaired) electrons. The molecular weight excluding hydrogens is 442 g/mol. The fourth-order valence-corrected chi connectivity index (χ4v) is 12.2. The summed E-state index contributed by atoms with van der Waals surface area (Å²) in [6.45, 7) is 17.0. The summed E-state index contributed by atoms with van der Waals surface area (Å²) in [5.74, 6) is 4.74. The lowest BCUT2D eigenvalue weighted by molar-refractivity contribution is -0.223. The Hall–Kier alpha value is -0.570. The van der Waals surface area contributed by atoms with Gasteiger partial charge in [0, 0.05) is 11.0 Å². The largest absolute Gasteiger partial charge is 0.462 e. The highest BCUT2D eigenvalue weighted by Crippen LogP contribution is 2.72. The molecule has 2 N–H and O–H groups in total. The highest BCUT2D eigenvalue weighted by Gasteiger charge is 2.66. The van der Waals surface area contributed by atoms with E-state index in [2.05, 4.69) is 48.5 Å². The zero-order chi connectivity index (χ0) is 25.9. The summed E-state index contributed by atoms with van der Waals surface area (Å²) >= 11 is 0. The average molecular weight is 498 g/mol. The molecule has 36 heavy (non-hydrogen) atoms. The average Bonchev–Trinajstić information content (AvgIpc) is 3.20. The number of carbonyl (C=O) groups excluding carboxylic acids is 1. The molecule has 11 unspecified atom stereocenters. The predicted molar refractivity (Wildman–Crippen MR) is 146 cm³/mol. The van der Waals surface area contributed by atoms with E-state index in [1.54, 1.807) is 0 Å². The molecule has 11 atom stereocenters. The number of hydrogen-bond acceptors (Lipinski definition) is 3. The van der Waals surface area contributed by atoms with Crippen molar-refractivity contribution in [3.8, 4) is 0 Å². The zero-order valence-electron chi connectivity index (χ0n) is 24.5. The van der Waals surface area contributed by atoms with Crippen molar-refractivity contribution in [2.45, 2.75) is 137 Å². The molecule has 6 aliphatic rings. The van der Waals surface area contributed by atoms with Crippen LogP contribution in [0.15, 0.2) is 0 Å². The van der Waals surface area contributed by atoms with Crippen molar-refractivity contribution in [3.63, 3.8) is 0 Å². The highest BCUT2D eigenvalue weighted by atomic mass is 16.5. The van der Waals surface area contributed by atoms with Crippen LogP contribution < -0.4 is 5.73 Å². The van der Waals surface area contributed by atoms with Crippen molar-refractivity contribution < 1.29 is 9.53 Å². The fourth-order valence-electron chi connectivity index (χ4n) is 12.2. The van der Waals surface area contributed by atoms with Crippen LogP contribution in [0, 0.1) is 63.1 Å². The Labute approximate surface area is 221 Å². The van der Waals surface area contributed by atoms with Crippen LogP contribution in [0.1, 0.15) is 126 Å². The number of fused-ring (bicyclic) bond motifs is 7. The van der Waals surface area contributed by atoms with Gasteiger partial charge >= 0.3 is 5.97 Å². The Balaban J connectivity index is 1.21. The van der Waals surface area contributed by atoms with Gasteiger partial charge in [0.15, 0.2) is 0 Å². The molecule has 0 aliphatic heterocycles. The van der Waals surface area contributed by atoms with Gasteiger partial charge in [-0.15, -0.1) is 0 Å². The molecule has 6 rings (SSSR count). The maximum Gasteiger partial charge on any atom is 0.309 e. The summed E-state index contributed by atoms with van der Waals surface area (Å²) < 4.78 is 6.44. The Morgan fingerprint density at radius 3 is 2.17 bits per heavy atom. The van der Waals surface area contributed by atoms with E-state index < -0.39 is 0 Å². The smallest absolute Gasteiger partial charge is 0.309 e. The van der Waals surface area contributed by atoms with Gasteiger partial charge in [0.05, 0.1) is 5.92 Å². The van der Waals surface area contributed by atoms with E-state index in [-0.39, 0.29) is 34.4 Å². The number of nitrogens with two attached hydrogens (primary N) is 1. The first-order chi connectivity index (χ1) is 16.7. The molecule has 204 valence electrons.